The number of fused-ring (bicyclic) bond motifs is 3. The molecule has 0 saturated carbocycles. The Morgan fingerprint density at radius 1 is 0.821 bits per heavy atom. The molecule has 6 heteroatoms. The van der Waals surface area contributed by atoms with Crippen molar-refractivity contribution in [3.8, 4) is 22.6 Å². The molecule has 0 aliphatic heterocycles. The minimum Gasteiger partial charge on any atom is -0.512 e. The number of aliphatic hydroxyl groups is 1. The maximum Gasteiger partial charge on any atom is 0.164 e. The Kier molecular flexibility index (Phi) is 14.1. The van der Waals surface area contributed by atoms with Crippen LogP contribution >= 0.6 is 0 Å². The molecule has 0 atom stereocenters. The smallest absolute Gasteiger partial charge is 0.164 e. The summed E-state index contributed by atoms with van der Waals surface area (Å²) in [7, 11) is 0. The molecule has 6 aromatic rings. The summed E-state index contributed by atoms with van der Waals surface area (Å²) in [6.45, 7) is 27.5. The molecule has 0 aliphatic rings. The van der Waals surface area contributed by atoms with E-state index in [0.717, 1.165) is 87.9 Å². The van der Waals surface area contributed by atoms with Crippen molar-refractivity contribution in [2.45, 2.75) is 128 Å². The number of aryl methyl sites for hydroxylation is 2. The Labute approximate surface area is 348 Å². The topological polar surface area (TPSA) is 76.5 Å². The van der Waals surface area contributed by atoms with E-state index in [-0.39, 0.29) is 47.9 Å². The second kappa shape index (κ2) is 17.7. The van der Waals surface area contributed by atoms with Crippen molar-refractivity contribution in [3.63, 3.8) is 0 Å². The number of furan rings is 2. The second-order valence-corrected chi connectivity index (χ2v) is 17.3. The van der Waals surface area contributed by atoms with Gasteiger partial charge in [-0.3, -0.25) is 9.78 Å². The van der Waals surface area contributed by atoms with E-state index in [1.54, 1.807) is 0 Å². The molecule has 3 aromatic carbocycles. The maximum absolute atomic E-state index is 12.2. The molecule has 5 nitrogen and oxygen atoms in total. The first-order valence-electron chi connectivity index (χ1n) is 20.2. The summed E-state index contributed by atoms with van der Waals surface area (Å²) in [6, 6.07) is 22.7. The molecular formula is C50H62IrNO4-. The van der Waals surface area contributed by atoms with E-state index >= 15 is 0 Å². The van der Waals surface area contributed by atoms with Crippen molar-refractivity contribution >= 4 is 38.5 Å². The Morgan fingerprint density at radius 3 is 2.05 bits per heavy atom. The van der Waals surface area contributed by atoms with E-state index in [2.05, 4.69) is 103 Å². The van der Waals surface area contributed by atoms with Gasteiger partial charge in [0, 0.05) is 70.8 Å². The molecule has 56 heavy (non-hydrogen) atoms. The number of nitrogens with zero attached hydrogens (tertiary/aromatic N) is 1. The van der Waals surface area contributed by atoms with Crippen molar-refractivity contribution < 1.29 is 38.8 Å². The molecule has 3 heterocycles. The molecule has 0 amide bonds. The predicted molar refractivity (Wildman–Crippen MR) is 231 cm³/mol. The van der Waals surface area contributed by atoms with Crippen molar-refractivity contribution in [3.05, 3.63) is 101 Å². The number of carbonyl (C=O) groups is 1. The molecule has 0 fully saturated rings. The maximum atomic E-state index is 12.2. The number of allylic oxidation sites excluding steroid dienone is 2. The standard InChI is InChI=1S/C35H34NO2.C15H28O2.Ir/c1-20(2)17-29-22(4)37-33-27(29)13-10-14-28(33)32-21(3)25-15-16-36-31(34(25)38-32)24-18-23-11-8-9-12-26(23)30(19-24)35(5,6)7;1-7-14(5,8-2)12(16)11-13(17)15(6,9-3)10-4;/h8-16,19-20H,17H2,1-7H3;11,16H,7-10H2,1-6H3;/q-1;;/b;12-11-;. The van der Waals surface area contributed by atoms with Gasteiger partial charge in [0.15, 0.2) is 5.78 Å². The summed E-state index contributed by atoms with van der Waals surface area (Å²) in [5.74, 6) is 2.66. The molecule has 0 spiro atoms. The van der Waals surface area contributed by atoms with Gasteiger partial charge in [-0.15, -0.1) is 29.1 Å². The number of rotatable bonds is 11. The van der Waals surface area contributed by atoms with Crippen LogP contribution in [0.15, 0.2) is 81.5 Å². The van der Waals surface area contributed by atoms with Crippen LogP contribution in [-0.2, 0) is 36.7 Å². The van der Waals surface area contributed by atoms with Crippen LogP contribution in [0.3, 0.4) is 0 Å². The third-order valence-corrected chi connectivity index (χ3v) is 12.2. The van der Waals surface area contributed by atoms with Crippen LogP contribution in [-0.4, -0.2) is 15.9 Å². The van der Waals surface area contributed by atoms with Gasteiger partial charge in [0.25, 0.3) is 0 Å². The summed E-state index contributed by atoms with van der Waals surface area (Å²) in [5, 5.41) is 14.7. The Balaban J connectivity index is 0.000000330. The fraction of sp³-hybridized carbons (Fsp3) is 0.440. The van der Waals surface area contributed by atoms with Crippen LogP contribution < -0.4 is 0 Å². The number of carbonyl (C=O) groups excluding carboxylic acids is 1. The Morgan fingerprint density at radius 2 is 1.45 bits per heavy atom. The average molecular weight is 933 g/mol. The van der Waals surface area contributed by atoms with Gasteiger partial charge in [-0.1, -0.05) is 117 Å². The van der Waals surface area contributed by atoms with Gasteiger partial charge in [0.2, 0.25) is 0 Å². The van der Waals surface area contributed by atoms with Crippen molar-refractivity contribution in [1.82, 2.24) is 4.98 Å². The molecule has 0 unspecified atom stereocenters. The third kappa shape index (κ3) is 8.77. The zero-order chi connectivity index (χ0) is 40.5. The monoisotopic (exact) mass is 933 g/mol. The summed E-state index contributed by atoms with van der Waals surface area (Å²) >= 11 is 0. The summed E-state index contributed by atoms with van der Waals surface area (Å²) < 4.78 is 13.1. The van der Waals surface area contributed by atoms with Gasteiger partial charge in [0.05, 0.1) is 5.56 Å². The molecule has 0 bridgehead atoms. The van der Waals surface area contributed by atoms with E-state index in [1.165, 1.54) is 28.0 Å². The molecule has 0 aliphatic carbocycles. The Bertz CT molecular complexity index is 2340. The van der Waals surface area contributed by atoms with Gasteiger partial charge in [-0.25, -0.2) is 0 Å². The number of pyridine rings is 1. The van der Waals surface area contributed by atoms with Gasteiger partial charge in [-0.05, 0) is 69.4 Å². The zero-order valence-corrected chi connectivity index (χ0v) is 38.3. The predicted octanol–water partition coefficient (Wildman–Crippen LogP) is 14.6. The molecule has 301 valence electrons. The van der Waals surface area contributed by atoms with Gasteiger partial charge < -0.3 is 13.9 Å². The molecule has 1 N–H and O–H groups in total. The fourth-order valence-corrected chi connectivity index (χ4v) is 7.39. The van der Waals surface area contributed by atoms with Gasteiger partial charge in [0.1, 0.15) is 28.4 Å². The minimum atomic E-state index is -0.337. The van der Waals surface area contributed by atoms with Crippen molar-refractivity contribution in [1.29, 1.82) is 0 Å². The first-order chi connectivity index (χ1) is 25.9. The van der Waals surface area contributed by atoms with Crippen LogP contribution in [0.25, 0.3) is 55.3 Å². The number of hydrogen-bond donors (Lipinski definition) is 1. The van der Waals surface area contributed by atoms with Crippen LogP contribution in [0.5, 0.6) is 0 Å². The van der Waals surface area contributed by atoms with Gasteiger partial charge >= 0.3 is 0 Å². The largest absolute Gasteiger partial charge is 0.512 e. The summed E-state index contributed by atoms with van der Waals surface area (Å²) in [5.41, 5.74) is 7.45. The first kappa shape index (κ1) is 44.7. The quantitative estimate of drug-likeness (QED) is 0.0796. The van der Waals surface area contributed by atoms with Crippen LogP contribution in [0.1, 0.15) is 124 Å². The average Bonchev–Trinajstić information content (AvgIpc) is 3.68. The van der Waals surface area contributed by atoms with Gasteiger partial charge in [-0.2, -0.15) is 0 Å². The zero-order valence-electron chi connectivity index (χ0n) is 35.9. The summed E-state index contributed by atoms with van der Waals surface area (Å²) in [6.07, 6.45) is 7.62. The Hall–Kier alpha value is -3.99. The summed E-state index contributed by atoms with van der Waals surface area (Å²) in [4.78, 5) is 17.0. The number of aromatic nitrogens is 1. The molecular weight excluding hydrogens is 871 g/mol. The van der Waals surface area contributed by atoms with Crippen LogP contribution in [0.2, 0.25) is 0 Å². The number of para-hydroxylation sites is 1. The second-order valence-electron chi connectivity index (χ2n) is 17.3. The van der Waals surface area contributed by atoms with Crippen LogP contribution in [0.4, 0.5) is 0 Å². The van der Waals surface area contributed by atoms with E-state index < -0.39 is 0 Å². The van der Waals surface area contributed by atoms with Crippen LogP contribution in [0, 0.1) is 36.7 Å². The number of benzene rings is 3. The van der Waals surface area contributed by atoms with Crippen molar-refractivity contribution in [2.24, 2.45) is 16.7 Å². The van der Waals surface area contributed by atoms with E-state index in [1.807, 2.05) is 53.8 Å². The number of aliphatic hydroxyl groups excluding tert-OH is 1. The third-order valence-electron chi connectivity index (χ3n) is 12.2. The van der Waals surface area contributed by atoms with E-state index in [0.29, 0.717) is 5.92 Å². The molecule has 3 aromatic heterocycles. The SMILES string of the molecule is CCC(C)(CC)C(=O)/C=C(\O)C(C)(CC)CC.Cc1oc2c(-c3oc4c(-c5[c-]c6ccccc6c(C(C)(C)C)c5)nccc4c3C)cccc2c1CC(C)C.[Ir]. The van der Waals surface area contributed by atoms with E-state index in [9.17, 15) is 9.90 Å². The molecule has 1 radical (unpaired) electrons. The number of hydrogen-bond acceptors (Lipinski definition) is 5. The number of ketones is 1. The normalized spacial score (nSPS) is 12.6. The molecule has 0 saturated heterocycles. The molecule has 6 rings (SSSR count). The minimum absolute atomic E-state index is 0. The van der Waals surface area contributed by atoms with Crippen molar-refractivity contribution in [2.75, 3.05) is 0 Å². The first-order valence-corrected chi connectivity index (χ1v) is 20.2. The fourth-order valence-electron chi connectivity index (χ4n) is 7.39. The van der Waals surface area contributed by atoms with E-state index in [4.69, 9.17) is 13.8 Å².